The molecule has 0 bridgehead atoms. The van der Waals surface area contributed by atoms with Gasteiger partial charge in [-0.05, 0) is 42.3 Å². The smallest absolute Gasteiger partial charge is 0.0562 e. The Bertz CT molecular complexity index is 571. The number of benzene rings is 2. The molecule has 2 rings (SSSR count). The van der Waals surface area contributed by atoms with Crippen LogP contribution in [0.5, 0.6) is 0 Å². The largest absolute Gasteiger partial charge is 0.279 e. The minimum Gasteiger partial charge on any atom is -0.279 e. The lowest BCUT2D eigenvalue weighted by molar-refractivity contribution is 1.35. The summed E-state index contributed by atoms with van der Waals surface area (Å²) in [6.45, 7) is 2.01. The van der Waals surface area contributed by atoms with E-state index < -0.39 is 0 Å². The molecule has 2 aromatic carbocycles. The molecule has 3 heteroatoms. The molecular weight excluding hydrogens is 256 g/mol. The summed E-state index contributed by atoms with van der Waals surface area (Å²) in [6, 6.07) is 17.6. The van der Waals surface area contributed by atoms with Crippen LogP contribution >= 0.6 is 11.6 Å². The molecule has 0 amide bonds. The summed E-state index contributed by atoms with van der Waals surface area (Å²) < 4.78 is 0. The maximum Gasteiger partial charge on any atom is 0.0562 e. The van der Waals surface area contributed by atoms with E-state index in [1.54, 1.807) is 6.21 Å². The molecule has 96 valence electrons. The quantitative estimate of drug-likeness (QED) is 0.624. The van der Waals surface area contributed by atoms with Gasteiger partial charge in [-0.1, -0.05) is 48.0 Å². The highest BCUT2D eigenvalue weighted by Crippen LogP contribution is 2.13. The lowest BCUT2D eigenvalue weighted by Gasteiger charge is -1.99. The average Bonchev–Trinajstić information content (AvgIpc) is 2.42. The first-order valence-electron chi connectivity index (χ1n) is 6.02. The second kappa shape index (κ2) is 6.76. The van der Waals surface area contributed by atoms with E-state index in [0.717, 1.165) is 21.8 Å². The van der Waals surface area contributed by atoms with Crippen molar-refractivity contribution in [3.63, 3.8) is 0 Å². The molecule has 0 unspecified atom stereocenters. The monoisotopic (exact) mass is 270 g/mol. The molecule has 0 aromatic heterocycles. The molecular formula is C16H15ClN2. The number of hydrogen-bond donors (Lipinski definition) is 1. The SMILES string of the molecule is CC(=C/c1ccccc1)/C=N/Nc1ccc(Cl)cc1. The van der Waals surface area contributed by atoms with E-state index in [-0.39, 0.29) is 0 Å². The fourth-order valence-electron chi connectivity index (χ4n) is 1.58. The van der Waals surface area contributed by atoms with Crippen LogP contribution in [0.3, 0.4) is 0 Å². The van der Waals surface area contributed by atoms with Gasteiger partial charge in [0.25, 0.3) is 0 Å². The molecule has 1 N–H and O–H groups in total. The number of halogens is 1. The van der Waals surface area contributed by atoms with E-state index in [9.17, 15) is 0 Å². The minimum atomic E-state index is 0.717. The maximum absolute atomic E-state index is 5.81. The first-order valence-corrected chi connectivity index (χ1v) is 6.40. The highest BCUT2D eigenvalue weighted by molar-refractivity contribution is 6.30. The fraction of sp³-hybridized carbons (Fsp3) is 0.0625. The van der Waals surface area contributed by atoms with Gasteiger partial charge in [-0.25, -0.2) is 0 Å². The van der Waals surface area contributed by atoms with Gasteiger partial charge in [-0.3, -0.25) is 5.43 Å². The molecule has 0 atom stereocenters. The maximum atomic E-state index is 5.81. The van der Waals surface area contributed by atoms with Crippen molar-refractivity contribution in [2.24, 2.45) is 5.10 Å². The highest BCUT2D eigenvalue weighted by Gasteiger charge is 1.90. The predicted molar refractivity (Wildman–Crippen MR) is 83.7 cm³/mol. The van der Waals surface area contributed by atoms with Gasteiger partial charge >= 0.3 is 0 Å². The molecule has 0 aliphatic rings. The van der Waals surface area contributed by atoms with Crippen LogP contribution in [0.4, 0.5) is 5.69 Å². The second-order valence-electron chi connectivity index (χ2n) is 4.18. The van der Waals surface area contributed by atoms with Gasteiger partial charge in [0.05, 0.1) is 11.9 Å². The molecule has 0 spiro atoms. The summed E-state index contributed by atoms with van der Waals surface area (Å²) in [6.07, 6.45) is 3.87. The van der Waals surface area contributed by atoms with Crippen LogP contribution in [0.2, 0.25) is 5.02 Å². The average molecular weight is 271 g/mol. The molecule has 0 aliphatic carbocycles. The van der Waals surface area contributed by atoms with Crippen LogP contribution in [-0.2, 0) is 0 Å². The molecule has 0 saturated heterocycles. The second-order valence-corrected chi connectivity index (χ2v) is 4.61. The van der Waals surface area contributed by atoms with E-state index in [2.05, 4.69) is 28.7 Å². The number of anilines is 1. The van der Waals surface area contributed by atoms with Crippen LogP contribution in [0.25, 0.3) is 6.08 Å². The van der Waals surface area contributed by atoms with Crippen molar-refractivity contribution in [1.29, 1.82) is 0 Å². The zero-order chi connectivity index (χ0) is 13.5. The molecule has 0 heterocycles. The summed E-state index contributed by atoms with van der Waals surface area (Å²) in [7, 11) is 0. The fourth-order valence-corrected chi connectivity index (χ4v) is 1.71. The molecule has 2 nitrogen and oxygen atoms in total. The van der Waals surface area contributed by atoms with Gasteiger partial charge in [0.1, 0.15) is 0 Å². The Kier molecular flexibility index (Phi) is 4.76. The number of rotatable bonds is 4. The van der Waals surface area contributed by atoms with Crippen molar-refractivity contribution in [1.82, 2.24) is 0 Å². The lowest BCUT2D eigenvalue weighted by Crippen LogP contribution is -1.89. The Morgan fingerprint density at radius 2 is 1.74 bits per heavy atom. The molecule has 0 fully saturated rings. The normalized spacial score (nSPS) is 11.8. The summed E-state index contributed by atoms with van der Waals surface area (Å²) in [4.78, 5) is 0. The van der Waals surface area contributed by atoms with Gasteiger partial charge < -0.3 is 0 Å². The van der Waals surface area contributed by atoms with Gasteiger partial charge in [-0.15, -0.1) is 0 Å². The van der Waals surface area contributed by atoms with Crippen molar-refractivity contribution < 1.29 is 0 Å². The van der Waals surface area contributed by atoms with Crippen molar-refractivity contribution in [2.45, 2.75) is 6.92 Å². The van der Waals surface area contributed by atoms with Gasteiger partial charge in [0.15, 0.2) is 0 Å². The first-order chi connectivity index (χ1) is 9.24. The van der Waals surface area contributed by atoms with E-state index in [0.29, 0.717) is 0 Å². The van der Waals surface area contributed by atoms with E-state index in [4.69, 9.17) is 11.6 Å². The Labute approximate surface area is 118 Å². The van der Waals surface area contributed by atoms with Crippen molar-refractivity contribution in [3.05, 3.63) is 70.8 Å². The third kappa shape index (κ3) is 4.60. The Morgan fingerprint density at radius 1 is 1.05 bits per heavy atom. The predicted octanol–water partition coefficient (Wildman–Crippen LogP) is 4.84. The van der Waals surface area contributed by atoms with Gasteiger partial charge in [0.2, 0.25) is 0 Å². The zero-order valence-corrected chi connectivity index (χ0v) is 11.4. The van der Waals surface area contributed by atoms with Gasteiger partial charge in [0, 0.05) is 5.02 Å². The summed E-state index contributed by atoms with van der Waals surface area (Å²) in [5.41, 5.74) is 6.11. The van der Waals surface area contributed by atoms with E-state index in [1.807, 2.05) is 49.4 Å². The third-order valence-electron chi connectivity index (χ3n) is 2.50. The summed E-state index contributed by atoms with van der Waals surface area (Å²) >= 11 is 5.81. The van der Waals surface area contributed by atoms with E-state index >= 15 is 0 Å². The van der Waals surface area contributed by atoms with Crippen LogP contribution < -0.4 is 5.43 Å². The van der Waals surface area contributed by atoms with Crippen LogP contribution in [0.15, 0.2) is 65.3 Å². The van der Waals surface area contributed by atoms with Crippen LogP contribution in [-0.4, -0.2) is 6.21 Å². The third-order valence-corrected chi connectivity index (χ3v) is 2.75. The summed E-state index contributed by atoms with van der Waals surface area (Å²) in [5, 5.41) is 4.90. The van der Waals surface area contributed by atoms with Crippen LogP contribution in [0, 0.1) is 0 Å². The molecule has 19 heavy (non-hydrogen) atoms. The highest BCUT2D eigenvalue weighted by atomic mass is 35.5. The topological polar surface area (TPSA) is 24.4 Å². The number of hydrazone groups is 1. The Balaban J connectivity index is 1.95. The van der Waals surface area contributed by atoms with Crippen LogP contribution in [0.1, 0.15) is 12.5 Å². The molecule has 0 aliphatic heterocycles. The number of hydrogen-bond acceptors (Lipinski definition) is 2. The summed E-state index contributed by atoms with van der Waals surface area (Å²) in [5.74, 6) is 0. The van der Waals surface area contributed by atoms with Crippen molar-refractivity contribution in [2.75, 3.05) is 5.43 Å². The lowest BCUT2D eigenvalue weighted by atomic mass is 10.1. The Morgan fingerprint density at radius 3 is 2.42 bits per heavy atom. The first kappa shape index (κ1) is 13.4. The Hall–Kier alpha value is -2.06. The van der Waals surface area contributed by atoms with E-state index in [1.165, 1.54) is 0 Å². The molecule has 0 saturated carbocycles. The van der Waals surface area contributed by atoms with Crippen molar-refractivity contribution in [3.8, 4) is 0 Å². The minimum absolute atomic E-state index is 0.717. The standard InChI is InChI=1S/C16H15ClN2/c1-13(11-14-5-3-2-4-6-14)12-18-19-16-9-7-15(17)8-10-16/h2-12,19H,1H3/b13-11-,18-12+. The zero-order valence-electron chi connectivity index (χ0n) is 10.7. The molecule has 2 aromatic rings. The van der Waals surface area contributed by atoms with Crippen molar-refractivity contribution >= 4 is 29.6 Å². The molecule has 0 radical (unpaired) electrons. The number of allylic oxidation sites excluding steroid dienone is 1. The van der Waals surface area contributed by atoms with Gasteiger partial charge in [-0.2, -0.15) is 5.10 Å². The number of nitrogens with zero attached hydrogens (tertiary/aromatic N) is 1. The number of nitrogens with one attached hydrogen (secondary N) is 1.